The Labute approximate surface area is 118 Å². The van der Waals surface area contributed by atoms with Gasteiger partial charge in [-0.05, 0) is 42.4 Å². The van der Waals surface area contributed by atoms with Crippen LogP contribution < -0.4 is 5.43 Å². The number of hydrazone groups is 1. The summed E-state index contributed by atoms with van der Waals surface area (Å²) in [7, 11) is 0. The molecule has 19 heavy (non-hydrogen) atoms. The number of amides is 1. The highest BCUT2D eigenvalue weighted by Gasteiger charge is 2.54. The Bertz CT molecular complexity index is 485. The second-order valence-corrected chi connectivity index (χ2v) is 5.86. The lowest BCUT2D eigenvalue weighted by Gasteiger charge is -2.04. The molecular weight excluding hydrogens is 260 g/mol. The normalized spacial score (nSPS) is 29.0. The molecule has 4 heteroatoms. The van der Waals surface area contributed by atoms with Crippen LogP contribution in [0.5, 0.6) is 0 Å². The van der Waals surface area contributed by atoms with Crippen molar-refractivity contribution < 1.29 is 4.79 Å². The molecule has 2 aliphatic carbocycles. The number of nitrogens with one attached hydrogen (secondary N) is 1. The second kappa shape index (κ2) is 5.33. The van der Waals surface area contributed by atoms with Gasteiger partial charge in [-0.2, -0.15) is 5.10 Å². The fourth-order valence-electron chi connectivity index (χ4n) is 3.18. The third-order valence-corrected chi connectivity index (χ3v) is 4.47. The fraction of sp³-hybridized carbons (Fsp3) is 0.467. The summed E-state index contributed by atoms with van der Waals surface area (Å²) in [4.78, 5) is 12.0. The average Bonchev–Trinajstić information content (AvgIpc) is 3.15. The molecule has 0 bridgehead atoms. The molecule has 1 aromatic rings. The maximum absolute atomic E-state index is 12.0. The van der Waals surface area contributed by atoms with Gasteiger partial charge in [0.15, 0.2) is 0 Å². The molecule has 1 amide bonds. The third kappa shape index (κ3) is 2.81. The van der Waals surface area contributed by atoms with Gasteiger partial charge < -0.3 is 0 Å². The van der Waals surface area contributed by atoms with E-state index >= 15 is 0 Å². The summed E-state index contributed by atoms with van der Waals surface area (Å²) in [6.45, 7) is 0. The zero-order valence-electron chi connectivity index (χ0n) is 10.7. The predicted molar refractivity (Wildman–Crippen MR) is 76.1 cm³/mol. The molecule has 0 aromatic heterocycles. The second-order valence-electron chi connectivity index (χ2n) is 5.42. The number of rotatable bonds is 3. The molecule has 2 fully saturated rings. The number of carbonyl (C=O) groups excluding carboxylic acids is 1. The summed E-state index contributed by atoms with van der Waals surface area (Å²) in [6.07, 6.45) is 6.63. The smallest absolute Gasteiger partial charge is 0.243 e. The van der Waals surface area contributed by atoms with Crippen LogP contribution in [0, 0.1) is 17.8 Å². The van der Waals surface area contributed by atoms with E-state index in [1.165, 1.54) is 25.7 Å². The number of nitrogens with zero attached hydrogens (tertiary/aromatic N) is 1. The Morgan fingerprint density at radius 2 is 1.84 bits per heavy atom. The van der Waals surface area contributed by atoms with Crippen LogP contribution in [-0.2, 0) is 4.79 Å². The first-order valence-corrected chi connectivity index (χ1v) is 7.22. The molecule has 0 aliphatic heterocycles. The van der Waals surface area contributed by atoms with Crippen molar-refractivity contribution in [3.05, 3.63) is 34.9 Å². The van der Waals surface area contributed by atoms with Crippen molar-refractivity contribution in [3.8, 4) is 0 Å². The standard InChI is InChI=1S/C15H17ClN2O/c16-11-7-5-10(6-8-11)9-17-18-15(19)14-12-3-1-2-4-13(12)14/h5-9,12-14H,1-4H2,(H,18,19)/b17-9-/t12-,13+,14?. The maximum Gasteiger partial charge on any atom is 0.243 e. The van der Waals surface area contributed by atoms with E-state index in [1.807, 2.05) is 12.1 Å². The molecule has 2 aliphatic rings. The van der Waals surface area contributed by atoms with Gasteiger partial charge in [-0.3, -0.25) is 4.79 Å². The minimum atomic E-state index is 0.0853. The molecule has 0 radical (unpaired) electrons. The Kier molecular flexibility index (Phi) is 3.56. The Morgan fingerprint density at radius 1 is 1.21 bits per heavy atom. The monoisotopic (exact) mass is 276 g/mol. The van der Waals surface area contributed by atoms with Crippen molar-refractivity contribution in [1.82, 2.24) is 5.43 Å². The van der Waals surface area contributed by atoms with Gasteiger partial charge in [-0.25, -0.2) is 5.43 Å². The molecule has 100 valence electrons. The lowest BCUT2D eigenvalue weighted by Crippen LogP contribution is -2.20. The first kappa shape index (κ1) is 12.7. The van der Waals surface area contributed by atoms with Crippen LogP contribution in [0.4, 0.5) is 0 Å². The molecule has 1 unspecified atom stereocenters. The lowest BCUT2D eigenvalue weighted by atomic mass is 10.0. The van der Waals surface area contributed by atoms with Gasteiger partial charge in [0.1, 0.15) is 0 Å². The van der Waals surface area contributed by atoms with Crippen molar-refractivity contribution in [2.75, 3.05) is 0 Å². The van der Waals surface area contributed by atoms with E-state index in [9.17, 15) is 4.79 Å². The minimum absolute atomic E-state index is 0.0853. The summed E-state index contributed by atoms with van der Waals surface area (Å²) in [5.41, 5.74) is 3.59. The first-order chi connectivity index (χ1) is 9.25. The molecule has 1 aromatic carbocycles. The minimum Gasteiger partial charge on any atom is -0.273 e. The quantitative estimate of drug-likeness (QED) is 0.668. The highest BCUT2D eigenvalue weighted by atomic mass is 35.5. The van der Waals surface area contributed by atoms with Crippen molar-refractivity contribution >= 4 is 23.7 Å². The maximum atomic E-state index is 12.0. The van der Waals surface area contributed by atoms with E-state index in [-0.39, 0.29) is 11.8 Å². The molecule has 1 N–H and O–H groups in total. The van der Waals surface area contributed by atoms with E-state index in [2.05, 4.69) is 10.5 Å². The van der Waals surface area contributed by atoms with Crippen LogP contribution in [0.2, 0.25) is 5.02 Å². The first-order valence-electron chi connectivity index (χ1n) is 6.84. The number of carbonyl (C=O) groups is 1. The van der Waals surface area contributed by atoms with Gasteiger partial charge in [-0.15, -0.1) is 0 Å². The average molecular weight is 277 g/mol. The van der Waals surface area contributed by atoms with E-state index in [0.717, 1.165) is 5.56 Å². The fourth-order valence-corrected chi connectivity index (χ4v) is 3.30. The van der Waals surface area contributed by atoms with E-state index in [1.54, 1.807) is 18.3 Å². The Morgan fingerprint density at radius 3 is 2.47 bits per heavy atom. The summed E-state index contributed by atoms with van der Waals surface area (Å²) < 4.78 is 0. The lowest BCUT2D eigenvalue weighted by molar-refractivity contribution is -0.122. The molecule has 0 spiro atoms. The summed E-state index contributed by atoms with van der Waals surface area (Å²) in [5, 5.41) is 4.72. The zero-order chi connectivity index (χ0) is 13.2. The number of hydrogen-bond donors (Lipinski definition) is 1. The molecule has 3 nitrogen and oxygen atoms in total. The Balaban J connectivity index is 1.52. The summed E-state index contributed by atoms with van der Waals surface area (Å²) >= 11 is 5.80. The van der Waals surface area contributed by atoms with Gasteiger partial charge in [0.05, 0.1) is 6.21 Å². The van der Waals surface area contributed by atoms with Crippen molar-refractivity contribution in [2.45, 2.75) is 25.7 Å². The third-order valence-electron chi connectivity index (χ3n) is 4.22. The van der Waals surface area contributed by atoms with Gasteiger partial charge in [0.25, 0.3) is 0 Å². The van der Waals surface area contributed by atoms with Gasteiger partial charge in [0.2, 0.25) is 5.91 Å². The largest absolute Gasteiger partial charge is 0.273 e. The molecule has 0 heterocycles. The zero-order valence-corrected chi connectivity index (χ0v) is 11.4. The van der Waals surface area contributed by atoms with Gasteiger partial charge in [0, 0.05) is 10.9 Å². The van der Waals surface area contributed by atoms with Crippen molar-refractivity contribution in [1.29, 1.82) is 0 Å². The van der Waals surface area contributed by atoms with Crippen LogP contribution in [0.25, 0.3) is 0 Å². The molecule has 3 rings (SSSR count). The van der Waals surface area contributed by atoms with E-state index < -0.39 is 0 Å². The van der Waals surface area contributed by atoms with Crippen LogP contribution in [0.1, 0.15) is 31.2 Å². The molecule has 0 saturated heterocycles. The van der Waals surface area contributed by atoms with E-state index in [4.69, 9.17) is 11.6 Å². The van der Waals surface area contributed by atoms with Crippen LogP contribution in [0.3, 0.4) is 0 Å². The number of hydrogen-bond acceptors (Lipinski definition) is 2. The number of benzene rings is 1. The highest BCUT2D eigenvalue weighted by Crippen LogP contribution is 2.55. The van der Waals surface area contributed by atoms with Crippen molar-refractivity contribution in [2.24, 2.45) is 22.9 Å². The molecule has 3 atom stereocenters. The van der Waals surface area contributed by atoms with Gasteiger partial charge >= 0.3 is 0 Å². The van der Waals surface area contributed by atoms with Crippen molar-refractivity contribution in [3.63, 3.8) is 0 Å². The SMILES string of the molecule is O=C(N/N=C\c1ccc(Cl)cc1)C1[C@H]2CCCC[C@@H]12. The number of fused-ring (bicyclic) bond motifs is 1. The Hall–Kier alpha value is -1.35. The highest BCUT2D eigenvalue weighted by molar-refractivity contribution is 6.30. The number of halogens is 1. The summed E-state index contributed by atoms with van der Waals surface area (Å²) in [6, 6.07) is 7.35. The molecular formula is C15H17ClN2O. The van der Waals surface area contributed by atoms with E-state index in [0.29, 0.717) is 16.9 Å². The van der Waals surface area contributed by atoms with Crippen LogP contribution in [-0.4, -0.2) is 12.1 Å². The topological polar surface area (TPSA) is 41.5 Å². The van der Waals surface area contributed by atoms with Crippen LogP contribution >= 0.6 is 11.6 Å². The van der Waals surface area contributed by atoms with Gasteiger partial charge in [-0.1, -0.05) is 36.6 Å². The predicted octanol–water partition coefficient (Wildman–Crippen LogP) is 3.23. The summed E-state index contributed by atoms with van der Waals surface area (Å²) in [5.74, 6) is 1.55. The molecule has 2 saturated carbocycles. The van der Waals surface area contributed by atoms with Crippen LogP contribution in [0.15, 0.2) is 29.4 Å².